The molecule has 0 fully saturated rings. The molecule has 0 aliphatic carbocycles. The van der Waals surface area contributed by atoms with Crippen LogP contribution in [0.5, 0.6) is 6.01 Å². The number of hydrogen-bond acceptors (Lipinski definition) is 5. The lowest BCUT2D eigenvalue weighted by Crippen LogP contribution is -2.06. The summed E-state index contributed by atoms with van der Waals surface area (Å²) in [7, 11) is 0. The summed E-state index contributed by atoms with van der Waals surface area (Å²) in [5, 5.41) is 0.297. The SMILES string of the molecule is CCCOc1nc(N)nc(-c2ccc(Cl)cc2F)n1. The molecule has 0 spiro atoms. The van der Waals surface area contributed by atoms with Crippen LogP contribution in [0.2, 0.25) is 5.02 Å². The second-order valence-electron chi connectivity index (χ2n) is 3.77. The maximum Gasteiger partial charge on any atom is 0.321 e. The fourth-order valence-electron chi connectivity index (χ4n) is 1.42. The average Bonchev–Trinajstić information content (AvgIpc) is 2.35. The molecule has 7 heteroatoms. The van der Waals surface area contributed by atoms with E-state index in [-0.39, 0.29) is 23.3 Å². The lowest BCUT2D eigenvalue weighted by Gasteiger charge is -2.06. The number of aromatic nitrogens is 3. The van der Waals surface area contributed by atoms with Crippen molar-refractivity contribution in [2.45, 2.75) is 13.3 Å². The molecule has 1 heterocycles. The zero-order valence-corrected chi connectivity index (χ0v) is 11.0. The van der Waals surface area contributed by atoms with Crippen LogP contribution in [-0.4, -0.2) is 21.6 Å². The summed E-state index contributed by atoms with van der Waals surface area (Å²) in [5.41, 5.74) is 5.75. The van der Waals surface area contributed by atoms with E-state index < -0.39 is 5.82 Å². The first-order chi connectivity index (χ1) is 9.10. The molecule has 1 aromatic carbocycles. The van der Waals surface area contributed by atoms with Crippen LogP contribution in [0.1, 0.15) is 13.3 Å². The Morgan fingerprint density at radius 1 is 1.32 bits per heavy atom. The lowest BCUT2D eigenvalue weighted by molar-refractivity contribution is 0.292. The predicted molar refractivity (Wildman–Crippen MR) is 70.4 cm³/mol. The zero-order valence-electron chi connectivity index (χ0n) is 10.2. The first-order valence-electron chi connectivity index (χ1n) is 5.70. The molecule has 100 valence electrons. The van der Waals surface area contributed by atoms with Crippen LogP contribution in [0.4, 0.5) is 10.3 Å². The van der Waals surface area contributed by atoms with Gasteiger partial charge in [0, 0.05) is 5.02 Å². The highest BCUT2D eigenvalue weighted by atomic mass is 35.5. The summed E-state index contributed by atoms with van der Waals surface area (Å²) in [4.78, 5) is 11.7. The summed E-state index contributed by atoms with van der Waals surface area (Å²) in [6.07, 6.45) is 0.802. The Morgan fingerprint density at radius 3 is 2.79 bits per heavy atom. The van der Waals surface area contributed by atoms with Crippen molar-refractivity contribution in [1.82, 2.24) is 15.0 Å². The van der Waals surface area contributed by atoms with E-state index in [0.717, 1.165) is 6.42 Å². The van der Waals surface area contributed by atoms with E-state index >= 15 is 0 Å². The minimum absolute atomic E-state index is 0.0227. The minimum Gasteiger partial charge on any atom is -0.463 e. The number of nitrogen functional groups attached to an aromatic ring is 1. The van der Waals surface area contributed by atoms with Gasteiger partial charge in [0.2, 0.25) is 5.95 Å². The fourth-order valence-corrected chi connectivity index (χ4v) is 1.58. The molecule has 1 aromatic heterocycles. The standard InChI is InChI=1S/C12H12ClFN4O/c1-2-5-19-12-17-10(16-11(15)18-12)8-4-3-7(13)6-9(8)14/h3-4,6H,2,5H2,1H3,(H2,15,16,17,18). The molecule has 19 heavy (non-hydrogen) atoms. The van der Waals surface area contributed by atoms with Crippen LogP contribution in [0.15, 0.2) is 18.2 Å². The van der Waals surface area contributed by atoms with Crippen LogP contribution in [0.25, 0.3) is 11.4 Å². The van der Waals surface area contributed by atoms with Gasteiger partial charge in [-0.3, -0.25) is 0 Å². The van der Waals surface area contributed by atoms with Crippen molar-refractivity contribution >= 4 is 17.5 Å². The van der Waals surface area contributed by atoms with Crippen LogP contribution < -0.4 is 10.5 Å². The highest BCUT2D eigenvalue weighted by Crippen LogP contribution is 2.23. The Labute approximate surface area is 114 Å². The largest absolute Gasteiger partial charge is 0.463 e. The van der Waals surface area contributed by atoms with Gasteiger partial charge >= 0.3 is 6.01 Å². The Hall–Kier alpha value is -1.95. The van der Waals surface area contributed by atoms with Crippen molar-refractivity contribution in [3.8, 4) is 17.4 Å². The van der Waals surface area contributed by atoms with E-state index in [0.29, 0.717) is 11.6 Å². The molecule has 0 aliphatic heterocycles. The monoisotopic (exact) mass is 282 g/mol. The highest BCUT2D eigenvalue weighted by Gasteiger charge is 2.12. The Bertz CT molecular complexity index is 594. The summed E-state index contributed by atoms with van der Waals surface area (Å²) in [6.45, 7) is 2.40. The summed E-state index contributed by atoms with van der Waals surface area (Å²) in [5.74, 6) is -0.433. The molecular weight excluding hydrogens is 271 g/mol. The van der Waals surface area contributed by atoms with Crippen LogP contribution >= 0.6 is 11.6 Å². The molecule has 0 atom stereocenters. The highest BCUT2D eigenvalue weighted by molar-refractivity contribution is 6.30. The summed E-state index contributed by atoms with van der Waals surface area (Å²) < 4.78 is 19.1. The minimum atomic E-state index is -0.528. The van der Waals surface area contributed by atoms with Gasteiger partial charge in [-0.1, -0.05) is 18.5 Å². The van der Waals surface area contributed by atoms with Gasteiger partial charge in [-0.15, -0.1) is 0 Å². The van der Waals surface area contributed by atoms with E-state index in [2.05, 4.69) is 15.0 Å². The molecular formula is C12H12ClFN4O. The molecule has 0 amide bonds. The van der Waals surface area contributed by atoms with E-state index in [1.165, 1.54) is 12.1 Å². The van der Waals surface area contributed by atoms with Gasteiger partial charge in [-0.2, -0.15) is 15.0 Å². The quantitative estimate of drug-likeness (QED) is 0.933. The Balaban J connectivity index is 2.41. The number of ether oxygens (including phenoxy) is 1. The molecule has 0 unspecified atom stereocenters. The second kappa shape index (κ2) is 5.79. The molecule has 2 aromatic rings. The summed E-state index contributed by atoms with van der Waals surface area (Å²) in [6, 6.07) is 4.30. The van der Waals surface area contributed by atoms with Gasteiger partial charge in [-0.05, 0) is 24.6 Å². The molecule has 0 radical (unpaired) electrons. The van der Waals surface area contributed by atoms with Gasteiger partial charge in [0.15, 0.2) is 5.82 Å². The third-order valence-corrected chi connectivity index (χ3v) is 2.47. The predicted octanol–water partition coefficient (Wildman–Crippen LogP) is 2.70. The maximum atomic E-state index is 13.8. The van der Waals surface area contributed by atoms with Crippen LogP contribution in [0, 0.1) is 5.82 Å². The van der Waals surface area contributed by atoms with Gasteiger partial charge in [0.25, 0.3) is 0 Å². The number of anilines is 1. The number of hydrogen-bond donors (Lipinski definition) is 1. The number of rotatable bonds is 4. The normalized spacial score (nSPS) is 10.5. The van der Waals surface area contributed by atoms with Gasteiger partial charge in [0.1, 0.15) is 5.82 Å². The molecule has 2 N–H and O–H groups in total. The van der Waals surface area contributed by atoms with Gasteiger partial charge in [0.05, 0.1) is 12.2 Å². The second-order valence-corrected chi connectivity index (χ2v) is 4.21. The molecule has 5 nitrogen and oxygen atoms in total. The zero-order chi connectivity index (χ0) is 13.8. The first-order valence-corrected chi connectivity index (χ1v) is 6.07. The number of benzene rings is 1. The third kappa shape index (κ3) is 3.29. The topological polar surface area (TPSA) is 73.9 Å². The van der Waals surface area contributed by atoms with Crippen molar-refractivity contribution in [1.29, 1.82) is 0 Å². The average molecular weight is 283 g/mol. The molecule has 0 saturated carbocycles. The molecule has 0 bridgehead atoms. The van der Waals surface area contributed by atoms with E-state index in [1.54, 1.807) is 6.07 Å². The summed E-state index contributed by atoms with van der Waals surface area (Å²) >= 11 is 5.69. The van der Waals surface area contributed by atoms with E-state index in [9.17, 15) is 4.39 Å². The first kappa shape index (κ1) is 13.5. The smallest absolute Gasteiger partial charge is 0.321 e. The van der Waals surface area contributed by atoms with Crippen molar-refractivity contribution in [2.75, 3.05) is 12.3 Å². The number of nitrogens with zero attached hydrogens (tertiary/aromatic N) is 3. The Morgan fingerprint density at radius 2 is 2.11 bits per heavy atom. The van der Waals surface area contributed by atoms with Crippen molar-refractivity contribution < 1.29 is 9.13 Å². The van der Waals surface area contributed by atoms with Crippen LogP contribution in [0.3, 0.4) is 0 Å². The van der Waals surface area contributed by atoms with E-state index in [4.69, 9.17) is 22.1 Å². The Kier molecular flexibility index (Phi) is 4.11. The number of nitrogens with two attached hydrogens (primary N) is 1. The van der Waals surface area contributed by atoms with Crippen molar-refractivity contribution in [3.63, 3.8) is 0 Å². The third-order valence-electron chi connectivity index (χ3n) is 2.24. The van der Waals surface area contributed by atoms with Crippen LogP contribution in [-0.2, 0) is 0 Å². The van der Waals surface area contributed by atoms with Gasteiger partial charge in [-0.25, -0.2) is 4.39 Å². The van der Waals surface area contributed by atoms with Crippen molar-refractivity contribution in [2.24, 2.45) is 0 Å². The molecule has 0 aliphatic rings. The van der Waals surface area contributed by atoms with Gasteiger partial charge < -0.3 is 10.5 Å². The fraction of sp³-hybridized carbons (Fsp3) is 0.250. The molecule has 2 rings (SSSR count). The lowest BCUT2D eigenvalue weighted by atomic mass is 10.2. The van der Waals surface area contributed by atoms with Crippen molar-refractivity contribution in [3.05, 3.63) is 29.0 Å². The molecule has 0 saturated heterocycles. The maximum absolute atomic E-state index is 13.8. The number of halogens is 2. The van der Waals surface area contributed by atoms with E-state index in [1.807, 2.05) is 6.92 Å².